The molecule has 0 saturated carbocycles. The number of unbranched alkanes of at least 4 members (excludes halogenated alkanes) is 8. The van der Waals surface area contributed by atoms with Crippen LogP contribution in [-0.4, -0.2) is 23.1 Å². The third-order valence-corrected chi connectivity index (χ3v) is 4.89. The smallest absolute Gasteiger partial charge is 0.345 e. The van der Waals surface area contributed by atoms with Gasteiger partial charge in [-0.1, -0.05) is 82.4 Å². The standard InChI is InChI=1S/C26H44O4/c1-3-5-7-9-10-11-12-13-14-15-16-17-18-19-21-23-25(27)30-24(26(28)29)22-20-8-6-4-2/h10-11,13-14,16-17,24H,3-9,12,15,18-23H2,1-2H3,(H,28,29)/b11-10-,14-13-,17-16-. The van der Waals surface area contributed by atoms with E-state index in [1.165, 1.54) is 25.7 Å². The predicted octanol–water partition coefficient (Wildman–Crippen LogP) is 7.54. The van der Waals surface area contributed by atoms with Gasteiger partial charge in [-0.3, -0.25) is 4.79 Å². The summed E-state index contributed by atoms with van der Waals surface area (Å²) in [4.78, 5) is 23.1. The van der Waals surface area contributed by atoms with Crippen LogP contribution in [0.15, 0.2) is 36.5 Å². The van der Waals surface area contributed by atoms with Crippen molar-refractivity contribution < 1.29 is 19.4 Å². The SMILES string of the molecule is CCCCC/C=C\C/C=C\C/C=C\CCCCC(=O)OC(CCCCCC)C(=O)O. The van der Waals surface area contributed by atoms with E-state index < -0.39 is 18.0 Å². The van der Waals surface area contributed by atoms with Crippen molar-refractivity contribution in [1.82, 2.24) is 0 Å². The van der Waals surface area contributed by atoms with Crippen molar-refractivity contribution in [3.63, 3.8) is 0 Å². The average molecular weight is 421 g/mol. The molecule has 0 fully saturated rings. The molecular weight excluding hydrogens is 376 g/mol. The molecule has 0 spiro atoms. The molecular formula is C26H44O4. The minimum absolute atomic E-state index is 0.289. The zero-order valence-electron chi connectivity index (χ0n) is 19.3. The van der Waals surface area contributed by atoms with Crippen LogP contribution in [0, 0.1) is 0 Å². The van der Waals surface area contributed by atoms with Crippen LogP contribution in [0.5, 0.6) is 0 Å². The van der Waals surface area contributed by atoms with Crippen molar-refractivity contribution in [2.24, 2.45) is 0 Å². The molecule has 0 aliphatic carbocycles. The molecule has 0 amide bonds. The highest BCUT2D eigenvalue weighted by Gasteiger charge is 2.21. The van der Waals surface area contributed by atoms with Crippen LogP contribution in [-0.2, 0) is 14.3 Å². The van der Waals surface area contributed by atoms with Crippen molar-refractivity contribution in [2.45, 2.75) is 116 Å². The molecule has 0 heterocycles. The number of hydrogen-bond donors (Lipinski definition) is 1. The monoisotopic (exact) mass is 420 g/mol. The number of hydrogen-bond acceptors (Lipinski definition) is 3. The maximum absolute atomic E-state index is 11.9. The fourth-order valence-electron chi connectivity index (χ4n) is 3.03. The first-order valence-corrected chi connectivity index (χ1v) is 12.0. The highest BCUT2D eigenvalue weighted by molar-refractivity contribution is 5.77. The summed E-state index contributed by atoms with van der Waals surface area (Å²) in [5.41, 5.74) is 0. The molecule has 0 radical (unpaired) electrons. The molecule has 0 saturated heterocycles. The van der Waals surface area contributed by atoms with Gasteiger partial charge >= 0.3 is 11.9 Å². The largest absolute Gasteiger partial charge is 0.479 e. The van der Waals surface area contributed by atoms with Gasteiger partial charge in [-0.05, 0) is 57.8 Å². The number of ether oxygens (including phenoxy) is 1. The average Bonchev–Trinajstić information content (AvgIpc) is 2.73. The molecule has 172 valence electrons. The molecule has 0 rings (SSSR count). The number of carbonyl (C=O) groups excluding carboxylic acids is 1. The Labute approximate surface area is 184 Å². The second-order valence-corrected chi connectivity index (χ2v) is 7.79. The number of rotatable bonds is 20. The van der Waals surface area contributed by atoms with Crippen LogP contribution in [0.25, 0.3) is 0 Å². The minimum atomic E-state index is -1.04. The van der Waals surface area contributed by atoms with Gasteiger partial charge in [0.05, 0.1) is 0 Å². The van der Waals surface area contributed by atoms with E-state index in [0.29, 0.717) is 6.42 Å². The molecule has 4 heteroatoms. The lowest BCUT2D eigenvalue weighted by Gasteiger charge is -2.13. The minimum Gasteiger partial charge on any atom is -0.479 e. The van der Waals surface area contributed by atoms with Crippen LogP contribution in [0.2, 0.25) is 0 Å². The van der Waals surface area contributed by atoms with Crippen molar-refractivity contribution in [1.29, 1.82) is 0 Å². The van der Waals surface area contributed by atoms with Gasteiger partial charge in [0.15, 0.2) is 6.10 Å². The Kier molecular flexibility index (Phi) is 20.5. The molecule has 30 heavy (non-hydrogen) atoms. The maximum Gasteiger partial charge on any atom is 0.345 e. The highest BCUT2D eigenvalue weighted by Crippen LogP contribution is 2.11. The van der Waals surface area contributed by atoms with Crippen LogP contribution in [0.4, 0.5) is 0 Å². The molecule has 1 atom stereocenters. The third kappa shape index (κ3) is 19.5. The van der Waals surface area contributed by atoms with E-state index in [4.69, 9.17) is 4.74 Å². The summed E-state index contributed by atoms with van der Waals surface area (Å²) in [6.45, 7) is 4.33. The van der Waals surface area contributed by atoms with Crippen molar-refractivity contribution in [3.8, 4) is 0 Å². The molecule has 1 unspecified atom stereocenters. The van der Waals surface area contributed by atoms with E-state index in [1.54, 1.807) is 0 Å². The van der Waals surface area contributed by atoms with E-state index in [1.807, 2.05) is 0 Å². The molecule has 0 aliphatic rings. The second kappa shape index (κ2) is 21.9. The quantitative estimate of drug-likeness (QED) is 0.125. The van der Waals surface area contributed by atoms with E-state index in [2.05, 4.69) is 50.3 Å². The Morgan fingerprint density at radius 3 is 1.83 bits per heavy atom. The number of esters is 1. The summed E-state index contributed by atoms with van der Waals surface area (Å²) in [7, 11) is 0. The summed E-state index contributed by atoms with van der Waals surface area (Å²) in [5, 5.41) is 9.19. The van der Waals surface area contributed by atoms with Gasteiger partial charge in [-0.25, -0.2) is 4.79 Å². The number of carboxylic acids is 1. The maximum atomic E-state index is 11.9. The van der Waals surface area contributed by atoms with Crippen LogP contribution < -0.4 is 0 Å². The normalized spacial score (nSPS) is 12.9. The third-order valence-electron chi connectivity index (χ3n) is 4.89. The lowest BCUT2D eigenvalue weighted by atomic mass is 10.1. The zero-order valence-corrected chi connectivity index (χ0v) is 19.3. The Morgan fingerprint density at radius 1 is 0.733 bits per heavy atom. The summed E-state index contributed by atoms with van der Waals surface area (Å²) in [5.74, 6) is -1.43. The second-order valence-electron chi connectivity index (χ2n) is 7.79. The molecule has 0 aromatic carbocycles. The fraction of sp³-hybridized carbons (Fsp3) is 0.692. The van der Waals surface area contributed by atoms with E-state index in [0.717, 1.165) is 57.8 Å². The Bertz CT molecular complexity index is 505. The van der Waals surface area contributed by atoms with Gasteiger partial charge in [-0.15, -0.1) is 0 Å². The van der Waals surface area contributed by atoms with Gasteiger partial charge in [0, 0.05) is 6.42 Å². The number of aliphatic carboxylic acids is 1. The molecule has 0 aromatic rings. The van der Waals surface area contributed by atoms with Crippen LogP contribution in [0.3, 0.4) is 0 Å². The first-order valence-electron chi connectivity index (χ1n) is 12.0. The Hall–Kier alpha value is -1.84. The molecule has 1 N–H and O–H groups in total. The molecule has 0 aliphatic heterocycles. The molecule has 4 nitrogen and oxygen atoms in total. The van der Waals surface area contributed by atoms with E-state index >= 15 is 0 Å². The van der Waals surface area contributed by atoms with Crippen molar-refractivity contribution >= 4 is 11.9 Å². The topological polar surface area (TPSA) is 63.6 Å². The summed E-state index contributed by atoms with van der Waals surface area (Å²) < 4.78 is 5.14. The lowest BCUT2D eigenvalue weighted by Crippen LogP contribution is -2.27. The van der Waals surface area contributed by atoms with E-state index in [9.17, 15) is 14.7 Å². The number of carboxylic acid groups (broad SMARTS) is 1. The Morgan fingerprint density at radius 2 is 1.27 bits per heavy atom. The van der Waals surface area contributed by atoms with Crippen LogP contribution >= 0.6 is 0 Å². The number of allylic oxidation sites excluding steroid dienone is 6. The van der Waals surface area contributed by atoms with Gasteiger partial charge < -0.3 is 9.84 Å². The zero-order chi connectivity index (χ0) is 22.3. The summed E-state index contributed by atoms with van der Waals surface area (Å²) in [6.07, 6.45) is 26.4. The van der Waals surface area contributed by atoms with Crippen molar-refractivity contribution in [2.75, 3.05) is 0 Å². The number of carbonyl (C=O) groups is 2. The predicted molar refractivity (Wildman–Crippen MR) is 126 cm³/mol. The van der Waals surface area contributed by atoms with Gasteiger partial charge in [0.25, 0.3) is 0 Å². The van der Waals surface area contributed by atoms with Crippen LogP contribution in [0.1, 0.15) is 110 Å². The highest BCUT2D eigenvalue weighted by atomic mass is 16.6. The first-order chi connectivity index (χ1) is 14.6. The van der Waals surface area contributed by atoms with Gasteiger partial charge in [0.1, 0.15) is 0 Å². The van der Waals surface area contributed by atoms with E-state index in [-0.39, 0.29) is 6.42 Å². The fourth-order valence-corrected chi connectivity index (χ4v) is 3.03. The van der Waals surface area contributed by atoms with Gasteiger partial charge in [-0.2, -0.15) is 0 Å². The molecule has 0 bridgehead atoms. The first kappa shape index (κ1) is 28.2. The Balaban J connectivity index is 3.72. The summed E-state index contributed by atoms with van der Waals surface area (Å²) in [6, 6.07) is 0. The molecule has 0 aromatic heterocycles. The lowest BCUT2D eigenvalue weighted by molar-refractivity contribution is -0.164. The summed E-state index contributed by atoms with van der Waals surface area (Å²) >= 11 is 0. The van der Waals surface area contributed by atoms with Gasteiger partial charge in [0.2, 0.25) is 0 Å². The van der Waals surface area contributed by atoms with Crippen molar-refractivity contribution in [3.05, 3.63) is 36.5 Å².